The topological polar surface area (TPSA) is 34.1 Å². The van der Waals surface area contributed by atoms with Crippen molar-refractivity contribution in [2.45, 2.75) is 48.3 Å². The van der Waals surface area contributed by atoms with Gasteiger partial charge in [-0.3, -0.25) is 0 Å². The second-order valence-electron chi connectivity index (χ2n) is 4.27. The van der Waals surface area contributed by atoms with Gasteiger partial charge in [0, 0.05) is 12.1 Å². The predicted molar refractivity (Wildman–Crippen MR) is 69.9 cm³/mol. The van der Waals surface area contributed by atoms with E-state index in [0.29, 0.717) is 12.1 Å². The number of hydrogen-bond acceptors (Lipinski definition) is 3. The molecule has 0 aromatic rings. The highest BCUT2D eigenvalue weighted by atomic mass is 35.6. The molecule has 0 aromatic heterocycles. The Morgan fingerprint density at radius 1 is 1.47 bits per heavy atom. The van der Waals surface area contributed by atoms with Gasteiger partial charge in [-0.1, -0.05) is 54.7 Å². The van der Waals surface area contributed by atoms with Crippen LogP contribution in [0.4, 0.5) is 0 Å². The Morgan fingerprint density at radius 2 is 2.18 bits per heavy atom. The minimum absolute atomic E-state index is 0.0737. The van der Waals surface area contributed by atoms with E-state index in [1.54, 1.807) is 0 Å². The Balaban J connectivity index is 2.00. The summed E-state index contributed by atoms with van der Waals surface area (Å²) in [5.41, 5.74) is 0.660. The normalized spacial score (nSPS) is 33.1. The highest BCUT2D eigenvalue weighted by molar-refractivity contribution is 6.76. The fourth-order valence-electron chi connectivity index (χ4n) is 1.95. The minimum Gasteiger partial charge on any atom is -0.471 e. The van der Waals surface area contributed by atoms with Gasteiger partial charge >= 0.3 is 0 Å². The highest BCUT2D eigenvalue weighted by Gasteiger charge is 2.48. The van der Waals surface area contributed by atoms with Crippen molar-refractivity contribution in [3.05, 3.63) is 12.3 Å². The first kappa shape index (κ1) is 13.5. The zero-order valence-electron chi connectivity index (χ0n) is 9.46. The summed E-state index contributed by atoms with van der Waals surface area (Å²) in [6.07, 6.45) is 2.92. The fourth-order valence-corrected chi connectivity index (χ4v) is 2.21. The summed E-state index contributed by atoms with van der Waals surface area (Å²) >= 11 is 17.3. The van der Waals surface area contributed by atoms with E-state index in [1.165, 1.54) is 0 Å². The second kappa shape index (κ2) is 4.96. The van der Waals surface area contributed by atoms with Crippen LogP contribution in [0.2, 0.25) is 0 Å². The lowest BCUT2D eigenvalue weighted by atomic mass is 10.1. The van der Waals surface area contributed by atoms with Crippen molar-refractivity contribution in [3.8, 4) is 0 Å². The number of epoxide rings is 1. The number of ether oxygens (including phenoxy) is 2. The maximum Gasteiger partial charge on any atom is 0.266 e. The number of rotatable bonds is 3. The zero-order valence-corrected chi connectivity index (χ0v) is 11.7. The van der Waals surface area contributed by atoms with E-state index in [0.717, 1.165) is 12.8 Å². The van der Waals surface area contributed by atoms with Crippen molar-refractivity contribution >= 4 is 40.7 Å². The molecule has 17 heavy (non-hydrogen) atoms. The van der Waals surface area contributed by atoms with Crippen LogP contribution in [0.5, 0.6) is 0 Å². The Bertz CT molecular complexity index is 351. The first-order chi connectivity index (χ1) is 7.91. The van der Waals surface area contributed by atoms with Crippen LogP contribution in [0.15, 0.2) is 17.3 Å². The van der Waals surface area contributed by atoms with Gasteiger partial charge in [0.15, 0.2) is 0 Å². The quantitative estimate of drug-likeness (QED) is 0.589. The van der Waals surface area contributed by atoms with Crippen molar-refractivity contribution in [3.63, 3.8) is 0 Å². The van der Waals surface area contributed by atoms with Crippen molar-refractivity contribution in [1.29, 1.82) is 0 Å². The van der Waals surface area contributed by atoms with Crippen LogP contribution in [-0.2, 0) is 9.47 Å². The Kier molecular flexibility index (Phi) is 3.93. The lowest BCUT2D eigenvalue weighted by Crippen LogP contribution is -2.35. The second-order valence-corrected chi connectivity index (χ2v) is 6.55. The molecule has 2 heterocycles. The van der Waals surface area contributed by atoms with Gasteiger partial charge in [0.1, 0.15) is 12.2 Å². The first-order valence-corrected chi connectivity index (χ1v) is 6.71. The maximum absolute atomic E-state index is 5.76. The van der Waals surface area contributed by atoms with Crippen LogP contribution in [0, 0.1) is 0 Å². The average Bonchev–Trinajstić information content (AvgIpc) is 2.95. The summed E-state index contributed by atoms with van der Waals surface area (Å²) in [6.45, 7) is 5.93. The van der Waals surface area contributed by atoms with Crippen molar-refractivity contribution in [1.82, 2.24) is 0 Å². The molecule has 2 aliphatic heterocycles. The van der Waals surface area contributed by atoms with Crippen LogP contribution in [0.3, 0.4) is 0 Å². The van der Waals surface area contributed by atoms with Crippen molar-refractivity contribution < 1.29 is 9.47 Å². The molecule has 1 fully saturated rings. The Hall–Kier alpha value is 0.0400. The molecule has 3 atom stereocenters. The van der Waals surface area contributed by atoms with Gasteiger partial charge in [-0.25, -0.2) is 4.99 Å². The van der Waals surface area contributed by atoms with E-state index in [4.69, 9.17) is 44.3 Å². The molecule has 96 valence electrons. The van der Waals surface area contributed by atoms with Crippen molar-refractivity contribution in [2.75, 3.05) is 0 Å². The predicted octanol–water partition coefficient (Wildman–Crippen LogP) is 3.63. The molecule has 3 nitrogen and oxygen atoms in total. The molecule has 0 amide bonds. The molecular formula is C11H14Cl3NO2. The molecule has 0 aromatic carbocycles. The van der Waals surface area contributed by atoms with Crippen LogP contribution in [0.25, 0.3) is 0 Å². The van der Waals surface area contributed by atoms with Gasteiger partial charge in [0.2, 0.25) is 5.90 Å². The van der Waals surface area contributed by atoms with Crippen LogP contribution >= 0.6 is 34.8 Å². The van der Waals surface area contributed by atoms with Gasteiger partial charge < -0.3 is 9.47 Å². The van der Waals surface area contributed by atoms with E-state index < -0.39 is 3.79 Å². The van der Waals surface area contributed by atoms with Gasteiger partial charge in [0.05, 0.1) is 6.10 Å². The molecule has 2 aliphatic rings. The number of nitrogens with zero attached hydrogens (tertiary/aromatic N) is 1. The monoisotopic (exact) mass is 297 g/mol. The SMILES string of the molecule is C=C1C[C@@H]([C@H]2O[C@@H]2CCC)OC(C(Cl)(Cl)Cl)=N1. The average molecular weight is 299 g/mol. The largest absolute Gasteiger partial charge is 0.471 e. The molecule has 0 unspecified atom stereocenters. The summed E-state index contributed by atoms with van der Waals surface area (Å²) in [4.78, 5) is 4.03. The number of aliphatic imine (C=N–C) groups is 1. The van der Waals surface area contributed by atoms with Crippen LogP contribution in [0.1, 0.15) is 26.2 Å². The van der Waals surface area contributed by atoms with E-state index in [9.17, 15) is 0 Å². The summed E-state index contributed by atoms with van der Waals surface area (Å²) < 4.78 is 9.50. The standard InChI is InChI=1S/C11H14Cl3NO2/c1-3-4-7-9(16-7)8-5-6(2)15-10(17-8)11(12,13)14/h7-9H,2-5H2,1H3/t7-,8+,9+/m1/s1. The summed E-state index contributed by atoms with van der Waals surface area (Å²) in [5, 5.41) is 0. The Labute approximate surface area is 116 Å². The van der Waals surface area contributed by atoms with Crippen LogP contribution < -0.4 is 0 Å². The molecule has 2 rings (SSSR count). The van der Waals surface area contributed by atoms with E-state index >= 15 is 0 Å². The molecule has 6 heteroatoms. The van der Waals surface area contributed by atoms with Gasteiger partial charge in [0.25, 0.3) is 3.79 Å². The first-order valence-electron chi connectivity index (χ1n) is 5.57. The third-order valence-electron chi connectivity index (χ3n) is 2.76. The molecule has 1 saturated heterocycles. The minimum atomic E-state index is -1.64. The molecule has 0 N–H and O–H groups in total. The summed E-state index contributed by atoms with van der Waals surface area (Å²) in [7, 11) is 0. The molecule has 0 spiro atoms. The molecule has 0 saturated carbocycles. The lowest BCUT2D eigenvalue weighted by molar-refractivity contribution is 0.135. The third kappa shape index (κ3) is 3.28. The third-order valence-corrected chi connectivity index (χ3v) is 3.25. The molecule has 0 bridgehead atoms. The van der Waals surface area contributed by atoms with Gasteiger partial charge in [-0.15, -0.1) is 0 Å². The summed E-state index contributed by atoms with van der Waals surface area (Å²) in [6, 6.07) is 0. The fraction of sp³-hybridized carbons (Fsp3) is 0.727. The Morgan fingerprint density at radius 3 is 2.76 bits per heavy atom. The molecule has 0 radical (unpaired) electrons. The molecular weight excluding hydrogens is 284 g/mol. The lowest BCUT2D eigenvalue weighted by Gasteiger charge is -2.26. The number of hydrogen-bond donors (Lipinski definition) is 0. The van der Waals surface area contributed by atoms with Gasteiger partial charge in [-0.2, -0.15) is 0 Å². The highest BCUT2D eigenvalue weighted by Crippen LogP contribution is 2.39. The zero-order chi connectivity index (χ0) is 12.6. The summed E-state index contributed by atoms with van der Waals surface area (Å²) in [5.74, 6) is 0.0921. The van der Waals surface area contributed by atoms with E-state index in [2.05, 4.69) is 18.5 Å². The maximum atomic E-state index is 5.76. The molecule has 0 aliphatic carbocycles. The smallest absolute Gasteiger partial charge is 0.266 e. The number of alkyl halides is 3. The van der Waals surface area contributed by atoms with E-state index in [-0.39, 0.29) is 24.2 Å². The van der Waals surface area contributed by atoms with E-state index in [1.807, 2.05) is 0 Å². The number of halogens is 3. The van der Waals surface area contributed by atoms with Crippen molar-refractivity contribution in [2.24, 2.45) is 4.99 Å². The van der Waals surface area contributed by atoms with Crippen LogP contribution in [-0.4, -0.2) is 28.0 Å². The van der Waals surface area contributed by atoms with Gasteiger partial charge in [-0.05, 0) is 6.42 Å².